The fraction of sp³-hybridized carbons (Fsp3) is 0.611. The minimum atomic E-state index is -0.195. The van der Waals surface area contributed by atoms with Gasteiger partial charge in [0.05, 0.1) is 6.10 Å². The van der Waals surface area contributed by atoms with Gasteiger partial charge < -0.3 is 15.4 Å². The van der Waals surface area contributed by atoms with Crippen LogP contribution in [-0.2, 0) is 11.2 Å². The molecule has 2 rings (SSSR count). The van der Waals surface area contributed by atoms with Gasteiger partial charge >= 0.3 is 0 Å². The molecule has 1 aliphatic carbocycles. The molecule has 0 bridgehead atoms. The van der Waals surface area contributed by atoms with Crippen molar-refractivity contribution >= 4 is 5.96 Å². The van der Waals surface area contributed by atoms with Gasteiger partial charge in [0.15, 0.2) is 5.96 Å². The second-order valence-corrected chi connectivity index (χ2v) is 5.93. The Kier molecular flexibility index (Phi) is 7.87. The van der Waals surface area contributed by atoms with Gasteiger partial charge in [-0.25, -0.2) is 4.39 Å². The zero-order valence-electron chi connectivity index (χ0n) is 14.0. The van der Waals surface area contributed by atoms with Crippen LogP contribution in [0, 0.1) is 5.82 Å². The molecule has 0 radical (unpaired) electrons. The lowest BCUT2D eigenvalue weighted by Crippen LogP contribution is -2.39. The molecule has 128 valence electrons. The molecule has 0 aromatic heterocycles. The molecule has 1 aromatic carbocycles. The van der Waals surface area contributed by atoms with Crippen molar-refractivity contribution in [1.82, 2.24) is 10.6 Å². The Morgan fingerprint density at radius 2 is 1.87 bits per heavy atom. The Morgan fingerprint density at radius 1 is 1.17 bits per heavy atom. The lowest BCUT2D eigenvalue weighted by molar-refractivity contribution is 0.0574. The molecule has 0 saturated heterocycles. The van der Waals surface area contributed by atoms with E-state index in [-0.39, 0.29) is 5.82 Å². The largest absolute Gasteiger partial charge is 0.378 e. The Morgan fingerprint density at radius 3 is 2.57 bits per heavy atom. The Bertz CT molecular complexity index is 470. The summed E-state index contributed by atoms with van der Waals surface area (Å²) in [6, 6.07) is 6.61. The molecular formula is C18H28FN3O. The van der Waals surface area contributed by atoms with Crippen molar-refractivity contribution in [1.29, 1.82) is 0 Å². The summed E-state index contributed by atoms with van der Waals surface area (Å²) >= 11 is 0. The molecule has 0 aliphatic heterocycles. The number of hydrogen-bond acceptors (Lipinski definition) is 2. The highest BCUT2D eigenvalue weighted by Crippen LogP contribution is 2.20. The third-order valence-electron chi connectivity index (χ3n) is 4.11. The first-order valence-corrected chi connectivity index (χ1v) is 8.58. The van der Waals surface area contributed by atoms with Crippen LogP contribution in [0.5, 0.6) is 0 Å². The van der Waals surface area contributed by atoms with Crippen molar-refractivity contribution in [2.45, 2.75) is 44.6 Å². The van der Waals surface area contributed by atoms with Gasteiger partial charge in [-0.1, -0.05) is 25.0 Å². The van der Waals surface area contributed by atoms with Gasteiger partial charge in [-0.05, 0) is 43.4 Å². The lowest BCUT2D eigenvalue weighted by Gasteiger charge is -2.13. The third kappa shape index (κ3) is 6.99. The van der Waals surface area contributed by atoms with Gasteiger partial charge in [-0.3, -0.25) is 4.99 Å². The normalized spacial score (nSPS) is 15.8. The number of hydrogen-bond donors (Lipinski definition) is 2. The zero-order chi connectivity index (χ0) is 16.3. The summed E-state index contributed by atoms with van der Waals surface area (Å²) in [5.41, 5.74) is 1.11. The first kappa shape index (κ1) is 17.7. The monoisotopic (exact) mass is 321 g/mol. The maximum atomic E-state index is 12.8. The van der Waals surface area contributed by atoms with Crippen LogP contribution >= 0.6 is 0 Å². The van der Waals surface area contributed by atoms with Crippen molar-refractivity contribution in [2.24, 2.45) is 4.99 Å². The number of halogens is 1. The fourth-order valence-electron chi connectivity index (χ4n) is 2.78. The molecule has 0 heterocycles. The van der Waals surface area contributed by atoms with E-state index in [1.165, 1.54) is 37.8 Å². The predicted octanol–water partition coefficient (Wildman–Crippen LogP) is 2.88. The summed E-state index contributed by atoms with van der Waals surface area (Å²) < 4.78 is 18.7. The summed E-state index contributed by atoms with van der Waals surface area (Å²) in [5, 5.41) is 6.56. The highest BCUT2D eigenvalue weighted by atomic mass is 19.1. The van der Waals surface area contributed by atoms with E-state index < -0.39 is 0 Å². The SMILES string of the molecule is CN=C(NCCCOC1CCCC1)NCCc1ccc(F)cc1. The molecular weight excluding hydrogens is 293 g/mol. The third-order valence-corrected chi connectivity index (χ3v) is 4.11. The van der Waals surface area contributed by atoms with Crippen molar-refractivity contribution < 1.29 is 9.13 Å². The van der Waals surface area contributed by atoms with E-state index in [9.17, 15) is 4.39 Å². The van der Waals surface area contributed by atoms with Crippen LogP contribution in [0.3, 0.4) is 0 Å². The molecule has 0 unspecified atom stereocenters. The molecule has 2 N–H and O–H groups in total. The number of rotatable bonds is 8. The van der Waals surface area contributed by atoms with E-state index in [0.29, 0.717) is 6.10 Å². The average Bonchev–Trinajstić information content (AvgIpc) is 3.08. The highest BCUT2D eigenvalue weighted by Gasteiger charge is 2.14. The second kappa shape index (κ2) is 10.2. The van der Waals surface area contributed by atoms with Gasteiger partial charge in [0.25, 0.3) is 0 Å². The topological polar surface area (TPSA) is 45.7 Å². The van der Waals surface area contributed by atoms with Gasteiger partial charge in [0.2, 0.25) is 0 Å². The number of nitrogens with zero attached hydrogens (tertiary/aromatic N) is 1. The molecule has 1 fully saturated rings. The molecule has 0 atom stereocenters. The van der Waals surface area contributed by atoms with E-state index in [0.717, 1.165) is 44.1 Å². The minimum Gasteiger partial charge on any atom is -0.378 e. The summed E-state index contributed by atoms with van der Waals surface area (Å²) in [6.45, 7) is 2.43. The van der Waals surface area contributed by atoms with Crippen molar-refractivity contribution in [3.8, 4) is 0 Å². The minimum absolute atomic E-state index is 0.195. The maximum absolute atomic E-state index is 12.8. The van der Waals surface area contributed by atoms with Crippen molar-refractivity contribution in [3.05, 3.63) is 35.6 Å². The lowest BCUT2D eigenvalue weighted by atomic mass is 10.1. The van der Waals surface area contributed by atoms with E-state index in [4.69, 9.17) is 4.74 Å². The van der Waals surface area contributed by atoms with Crippen LogP contribution in [0.25, 0.3) is 0 Å². The summed E-state index contributed by atoms with van der Waals surface area (Å²) in [7, 11) is 1.77. The summed E-state index contributed by atoms with van der Waals surface area (Å²) in [5.74, 6) is 0.604. The Balaban J connectivity index is 1.53. The highest BCUT2D eigenvalue weighted by molar-refractivity contribution is 5.79. The van der Waals surface area contributed by atoms with E-state index >= 15 is 0 Å². The second-order valence-electron chi connectivity index (χ2n) is 5.93. The fourth-order valence-corrected chi connectivity index (χ4v) is 2.78. The van der Waals surface area contributed by atoms with E-state index in [2.05, 4.69) is 15.6 Å². The number of nitrogens with one attached hydrogen (secondary N) is 2. The quantitative estimate of drug-likeness (QED) is 0.440. The van der Waals surface area contributed by atoms with Gasteiger partial charge in [0.1, 0.15) is 5.82 Å². The number of guanidine groups is 1. The molecule has 23 heavy (non-hydrogen) atoms. The van der Waals surface area contributed by atoms with Crippen LogP contribution in [0.2, 0.25) is 0 Å². The standard InChI is InChI=1S/C18H28FN3O/c1-20-18(21-12-4-14-23-17-5-2-3-6-17)22-13-11-15-7-9-16(19)10-8-15/h7-10,17H,2-6,11-14H2,1H3,(H2,20,21,22). The van der Waals surface area contributed by atoms with E-state index in [1.807, 2.05) is 12.1 Å². The maximum Gasteiger partial charge on any atom is 0.190 e. The van der Waals surface area contributed by atoms with E-state index in [1.54, 1.807) is 7.05 Å². The van der Waals surface area contributed by atoms with Crippen LogP contribution in [-0.4, -0.2) is 38.8 Å². The molecule has 1 saturated carbocycles. The van der Waals surface area contributed by atoms with Crippen LogP contribution < -0.4 is 10.6 Å². The van der Waals surface area contributed by atoms with Crippen molar-refractivity contribution in [3.63, 3.8) is 0 Å². The average molecular weight is 321 g/mol. The molecule has 5 heteroatoms. The molecule has 0 amide bonds. The van der Waals surface area contributed by atoms with Crippen LogP contribution in [0.4, 0.5) is 4.39 Å². The molecule has 1 aromatic rings. The van der Waals surface area contributed by atoms with Crippen molar-refractivity contribution in [2.75, 3.05) is 26.7 Å². The first-order chi connectivity index (χ1) is 11.3. The van der Waals surface area contributed by atoms with Gasteiger partial charge in [-0.2, -0.15) is 0 Å². The smallest absolute Gasteiger partial charge is 0.190 e. The Hall–Kier alpha value is -1.62. The number of benzene rings is 1. The van der Waals surface area contributed by atoms with Gasteiger partial charge in [-0.15, -0.1) is 0 Å². The van der Waals surface area contributed by atoms with Gasteiger partial charge in [0, 0.05) is 26.7 Å². The number of aliphatic imine (C=N–C) groups is 1. The number of ether oxygens (including phenoxy) is 1. The first-order valence-electron chi connectivity index (χ1n) is 8.58. The molecule has 4 nitrogen and oxygen atoms in total. The summed E-state index contributed by atoms with van der Waals surface area (Å²) in [6.07, 6.45) is 7.38. The zero-order valence-corrected chi connectivity index (χ0v) is 14.0. The van der Waals surface area contributed by atoms with Crippen LogP contribution in [0.1, 0.15) is 37.7 Å². The molecule has 1 aliphatic rings. The molecule has 0 spiro atoms. The summed E-state index contributed by atoms with van der Waals surface area (Å²) in [4.78, 5) is 4.20. The predicted molar refractivity (Wildman–Crippen MR) is 92.3 cm³/mol. The van der Waals surface area contributed by atoms with Crippen LogP contribution in [0.15, 0.2) is 29.3 Å². The Labute approximate surface area is 138 Å².